The summed E-state index contributed by atoms with van der Waals surface area (Å²) in [6, 6.07) is 5.79. The number of hydrogen-bond acceptors (Lipinski definition) is 2. The van der Waals surface area contributed by atoms with E-state index in [1.54, 1.807) is 0 Å². The summed E-state index contributed by atoms with van der Waals surface area (Å²) in [4.78, 5) is 23.0. The van der Waals surface area contributed by atoms with Gasteiger partial charge in [0.2, 0.25) is 5.91 Å². The minimum atomic E-state index is -0.790. The fourth-order valence-electron chi connectivity index (χ4n) is 2.57. The van der Waals surface area contributed by atoms with E-state index >= 15 is 0 Å². The average molecular weight is 261 g/mol. The van der Waals surface area contributed by atoms with Gasteiger partial charge in [0.25, 0.3) is 0 Å². The van der Waals surface area contributed by atoms with Crippen molar-refractivity contribution >= 4 is 17.6 Å². The molecule has 0 aromatic heterocycles. The number of amides is 1. The molecule has 0 heterocycles. The predicted octanol–water partition coefficient (Wildman–Crippen LogP) is 2.74. The third-order valence-electron chi connectivity index (χ3n) is 4.02. The Hall–Kier alpha value is -1.84. The van der Waals surface area contributed by atoms with Crippen LogP contribution >= 0.6 is 0 Å². The molecule has 2 N–H and O–H groups in total. The van der Waals surface area contributed by atoms with Gasteiger partial charge in [0.05, 0.1) is 5.92 Å². The molecule has 4 nitrogen and oxygen atoms in total. The van der Waals surface area contributed by atoms with Crippen LogP contribution in [0.4, 0.5) is 5.69 Å². The van der Waals surface area contributed by atoms with Crippen molar-refractivity contribution in [1.82, 2.24) is 0 Å². The highest BCUT2D eigenvalue weighted by Crippen LogP contribution is 2.32. The number of carbonyl (C=O) groups excluding carboxylic acids is 1. The fourth-order valence-corrected chi connectivity index (χ4v) is 2.57. The number of carbonyl (C=O) groups is 2. The number of benzene rings is 1. The van der Waals surface area contributed by atoms with Crippen LogP contribution in [0.1, 0.15) is 30.4 Å². The minimum Gasteiger partial charge on any atom is -0.481 e. The largest absolute Gasteiger partial charge is 0.481 e. The number of rotatable bonds is 3. The molecule has 1 saturated carbocycles. The van der Waals surface area contributed by atoms with Gasteiger partial charge < -0.3 is 10.4 Å². The molecule has 2 rings (SSSR count). The first-order valence-electron chi connectivity index (χ1n) is 6.59. The maximum atomic E-state index is 12.1. The molecule has 2 atom stereocenters. The van der Waals surface area contributed by atoms with Gasteiger partial charge >= 0.3 is 5.97 Å². The standard InChI is InChI=1S/C15H19NO3/c1-9-4-3-5-13(10(9)2)16-14(17)11-6-7-12(8-11)15(18)19/h3-5,11-12H,6-8H2,1-2H3,(H,16,17)(H,18,19). The van der Waals surface area contributed by atoms with Crippen molar-refractivity contribution in [3.8, 4) is 0 Å². The molecule has 0 bridgehead atoms. The van der Waals surface area contributed by atoms with E-state index < -0.39 is 5.97 Å². The number of aryl methyl sites for hydroxylation is 1. The Morgan fingerprint density at radius 1 is 1.21 bits per heavy atom. The van der Waals surface area contributed by atoms with Crippen molar-refractivity contribution < 1.29 is 14.7 Å². The second kappa shape index (κ2) is 5.43. The van der Waals surface area contributed by atoms with E-state index in [0.717, 1.165) is 16.8 Å². The lowest BCUT2D eigenvalue weighted by Crippen LogP contribution is -2.22. The highest BCUT2D eigenvalue weighted by molar-refractivity contribution is 5.94. The zero-order chi connectivity index (χ0) is 14.0. The third kappa shape index (κ3) is 2.95. The molecule has 1 aliphatic carbocycles. The van der Waals surface area contributed by atoms with E-state index in [1.165, 1.54) is 0 Å². The Labute approximate surface area is 112 Å². The van der Waals surface area contributed by atoms with Gasteiger partial charge in [-0.25, -0.2) is 0 Å². The molecule has 4 heteroatoms. The molecule has 1 amide bonds. The van der Waals surface area contributed by atoms with Crippen LogP contribution in [0.15, 0.2) is 18.2 Å². The molecular weight excluding hydrogens is 242 g/mol. The van der Waals surface area contributed by atoms with Crippen molar-refractivity contribution in [2.45, 2.75) is 33.1 Å². The molecule has 2 unspecified atom stereocenters. The molecule has 102 valence electrons. The van der Waals surface area contributed by atoms with Crippen LogP contribution in [0.3, 0.4) is 0 Å². The molecule has 1 fully saturated rings. The number of aliphatic carboxylic acids is 1. The van der Waals surface area contributed by atoms with Crippen molar-refractivity contribution in [2.24, 2.45) is 11.8 Å². The number of hydrogen-bond donors (Lipinski definition) is 2. The number of anilines is 1. The Morgan fingerprint density at radius 3 is 2.53 bits per heavy atom. The van der Waals surface area contributed by atoms with Crippen molar-refractivity contribution in [1.29, 1.82) is 0 Å². The fraction of sp³-hybridized carbons (Fsp3) is 0.467. The van der Waals surface area contributed by atoms with E-state index in [0.29, 0.717) is 19.3 Å². The lowest BCUT2D eigenvalue weighted by molar-refractivity contribution is -0.141. The summed E-state index contributed by atoms with van der Waals surface area (Å²) in [5.41, 5.74) is 3.01. The molecule has 0 spiro atoms. The van der Waals surface area contributed by atoms with E-state index in [4.69, 9.17) is 5.11 Å². The monoisotopic (exact) mass is 261 g/mol. The van der Waals surface area contributed by atoms with E-state index in [-0.39, 0.29) is 17.7 Å². The normalized spacial score (nSPS) is 22.2. The molecule has 0 aliphatic heterocycles. The summed E-state index contributed by atoms with van der Waals surface area (Å²) in [5, 5.41) is 11.9. The second-order valence-corrected chi connectivity index (χ2v) is 5.28. The second-order valence-electron chi connectivity index (χ2n) is 5.28. The van der Waals surface area contributed by atoms with Gasteiger partial charge in [-0.15, -0.1) is 0 Å². The molecule has 1 aliphatic rings. The van der Waals surface area contributed by atoms with Crippen LogP contribution in [0, 0.1) is 25.7 Å². The van der Waals surface area contributed by atoms with Gasteiger partial charge in [-0.3, -0.25) is 9.59 Å². The van der Waals surface area contributed by atoms with Gasteiger partial charge in [-0.05, 0) is 50.3 Å². The van der Waals surface area contributed by atoms with Gasteiger partial charge in [0.1, 0.15) is 0 Å². The Kier molecular flexibility index (Phi) is 3.88. The molecule has 0 saturated heterocycles. The maximum Gasteiger partial charge on any atom is 0.306 e. The van der Waals surface area contributed by atoms with E-state index in [1.807, 2.05) is 32.0 Å². The zero-order valence-corrected chi connectivity index (χ0v) is 11.3. The summed E-state index contributed by atoms with van der Waals surface area (Å²) >= 11 is 0. The predicted molar refractivity (Wildman–Crippen MR) is 73.0 cm³/mol. The molecule has 1 aromatic carbocycles. The first-order valence-corrected chi connectivity index (χ1v) is 6.59. The van der Waals surface area contributed by atoms with Crippen LogP contribution in [0.2, 0.25) is 0 Å². The van der Waals surface area contributed by atoms with Crippen LogP contribution in [0.25, 0.3) is 0 Å². The first kappa shape index (κ1) is 13.6. The van der Waals surface area contributed by atoms with Crippen molar-refractivity contribution in [3.63, 3.8) is 0 Å². The number of carboxylic acids is 1. The smallest absolute Gasteiger partial charge is 0.306 e. The third-order valence-corrected chi connectivity index (χ3v) is 4.02. The Bertz CT molecular complexity index is 510. The van der Waals surface area contributed by atoms with Crippen LogP contribution in [0.5, 0.6) is 0 Å². The molecule has 0 radical (unpaired) electrons. The highest BCUT2D eigenvalue weighted by Gasteiger charge is 2.33. The average Bonchev–Trinajstić information content (AvgIpc) is 2.84. The quantitative estimate of drug-likeness (QED) is 0.879. The Morgan fingerprint density at radius 2 is 1.89 bits per heavy atom. The zero-order valence-electron chi connectivity index (χ0n) is 11.3. The number of carboxylic acid groups (broad SMARTS) is 1. The molecular formula is C15H19NO3. The summed E-state index contributed by atoms with van der Waals surface area (Å²) in [6.07, 6.45) is 1.71. The van der Waals surface area contributed by atoms with Crippen molar-refractivity contribution in [2.75, 3.05) is 5.32 Å². The van der Waals surface area contributed by atoms with Crippen LogP contribution in [-0.2, 0) is 9.59 Å². The summed E-state index contributed by atoms with van der Waals surface area (Å²) in [5.74, 6) is -1.39. The van der Waals surface area contributed by atoms with E-state index in [2.05, 4.69) is 5.32 Å². The lowest BCUT2D eigenvalue weighted by atomic mass is 10.0. The molecule has 19 heavy (non-hydrogen) atoms. The lowest BCUT2D eigenvalue weighted by Gasteiger charge is -2.13. The molecule has 1 aromatic rings. The van der Waals surface area contributed by atoms with Crippen LogP contribution in [-0.4, -0.2) is 17.0 Å². The van der Waals surface area contributed by atoms with Crippen molar-refractivity contribution in [3.05, 3.63) is 29.3 Å². The summed E-state index contributed by atoms with van der Waals surface area (Å²) < 4.78 is 0. The van der Waals surface area contributed by atoms with Gasteiger partial charge in [0.15, 0.2) is 0 Å². The van der Waals surface area contributed by atoms with Gasteiger partial charge in [-0.2, -0.15) is 0 Å². The van der Waals surface area contributed by atoms with Gasteiger partial charge in [-0.1, -0.05) is 12.1 Å². The highest BCUT2D eigenvalue weighted by atomic mass is 16.4. The van der Waals surface area contributed by atoms with Crippen LogP contribution < -0.4 is 5.32 Å². The Balaban J connectivity index is 2.02. The summed E-state index contributed by atoms with van der Waals surface area (Å²) in [6.45, 7) is 3.97. The van der Waals surface area contributed by atoms with Gasteiger partial charge in [0, 0.05) is 11.6 Å². The van der Waals surface area contributed by atoms with E-state index in [9.17, 15) is 9.59 Å². The number of nitrogens with one attached hydrogen (secondary N) is 1. The SMILES string of the molecule is Cc1cccc(NC(=O)C2CCC(C(=O)O)C2)c1C. The first-order chi connectivity index (χ1) is 8.99. The topological polar surface area (TPSA) is 66.4 Å². The minimum absolute atomic E-state index is 0.0579. The summed E-state index contributed by atoms with van der Waals surface area (Å²) in [7, 11) is 0. The maximum absolute atomic E-state index is 12.1.